The van der Waals surface area contributed by atoms with Crippen LogP contribution in [0.15, 0.2) is 47.8 Å². The summed E-state index contributed by atoms with van der Waals surface area (Å²) in [7, 11) is -3.52. The van der Waals surface area contributed by atoms with Crippen molar-refractivity contribution in [2.75, 3.05) is 6.54 Å². The normalized spacial score (nSPS) is 11.6. The van der Waals surface area contributed by atoms with Crippen LogP contribution in [0.1, 0.15) is 5.69 Å². The maximum Gasteiger partial charge on any atom is 0.268 e. The molecule has 0 bridgehead atoms. The first-order valence-electron chi connectivity index (χ1n) is 5.18. The molecular weight excluding hydrogens is 238 g/mol. The van der Waals surface area contributed by atoms with Gasteiger partial charge in [-0.3, -0.25) is 0 Å². The molecule has 1 aromatic carbocycles. The smallest absolute Gasteiger partial charge is 0.268 e. The lowest BCUT2D eigenvalue weighted by atomic mass is 10.3. The minimum atomic E-state index is -3.52. The van der Waals surface area contributed by atoms with Crippen LogP contribution in [-0.2, 0) is 16.4 Å². The number of nitrogens with two attached hydrogens (primary N) is 1. The summed E-state index contributed by atoms with van der Waals surface area (Å²) in [6, 6.07) is 8.25. The lowest BCUT2D eigenvalue weighted by molar-refractivity contribution is 0.587. The molecule has 0 atom stereocenters. The van der Waals surface area contributed by atoms with Gasteiger partial charge in [0.1, 0.15) is 6.33 Å². The van der Waals surface area contributed by atoms with E-state index < -0.39 is 10.0 Å². The minimum Gasteiger partial charge on any atom is -0.330 e. The largest absolute Gasteiger partial charge is 0.330 e. The van der Waals surface area contributed by atoms with E-state index in [0.29, 0.717) is 18.7 Å². The van der Waals surface area contributed by atoms with E-state index in [0.717, 1.165) is 3.97 Å². The highest BCUT2D eigenvalue weighted by molar-refractivity contribution is 7.90. The molecule has 0 radical (unpaired) electrons. The molecule has 0 saturated carbocycles. The molecule has 2 aromatic rings. The first-order chi connectivity index (χ1) is 8.14. The molecule has 6 heteroatoms. The van der Waals surface area contributed by atoms with Crippen molar-refractivity contribution < 1.29 is 8.42 Å². The van der Waals surface area contributed by atoms with Gasteiger partial charge in [0.2, 0.25) is 0 Å². The third-order valence-electron chi connectivity index (χ3n) is 2.33. The maximum absolute atomic E-state index is 12.1. The highest BCUT2D eigenvalue weighted by atomic mass is 32.2. The highest BCUT2D eigenvalue weighted by Crippen LogP contribution is 2.13. The van der Waals surface area contributed by atoms with Crippen LogP contribution in [0.2, 0.25) is 0 Å². The first-order valence-corrected chi connectivity index (χ1v) is 6.62. The Balaban J connectivity index is 2.38. The Kier molecular flexibility index (Phi) is 3.26. The molecular formula is C11H13N3O2S. The molecule has 5 nitrogen and oxygen atoms in total. The van der Waals surface area contributed by atoms with Gasteiger partial charge in [0.05, 0.1) is 10.6 Å². The van der Waals surface area contributed by atoms with Crippen LogP contribution in [-0.4, -0.2) is 23.9 Å². The number of rotatable bonds is 4. The maximum atomic E-state index is 12.1. The van der Waals surface area contributed by atoms with Crippen LogP contribution in [0.5, 0.6) is 0 Å². The Bertz CT molecular complexity index is 590. The number of aromatic nitrogens is 2. The molecule has 90 valence electrons. The van der Waals surface area contributed by atoms with E-state index in [4.69, 9.17) is 5.73 Å². The zero-order valence-electron chi connectivity index (χ0n) is 9.15. The zero-order chi connectivity index (χ0) is 12.3. The van der Waals surface area contributed by atoms with E-state index in [1.807, 2.05) is 0 Å². The third kappa shape index (κ3) is 2.37. The van der Waals surface area contributed by atoms with Crippen molar-refractivity contribution in [1.82, 2.24) is 8.96 Å². The molecule has 0 aliphatic rings. The summed E-state index contributed by atoms with van der Waals surface area (Å²) >= 11 is 0. The summed E-state index contributed by atoms with van der Waals surface area (Å²) < 4.78 is 25.4. The van der Waals surface area contributed by atoms with Crippen molar-refractivity contribution in [1.29, 1.82) is 0 Å². The van der Waals surface area contributed by atoms with Crippen molar-refractivity contribution in [2.24, 2.45) is 5.73 Å². The lowest BCUT2D eigenvalue weighted by Gasteiger charge is -2.03. The molecule has 17 heavy (non-hydrogen) atoms. The third-order valence-corrected chi connectivity index (χ3v) is 3.96. The zero-order valence-corrected chi connectivity index (χ0v) is 9.97. The summed E-state index contributed by atoms with van der Waals surface area (Å²) in [6.45, 7) is 0.447. The number of benzene rings is 1. The molecule has 0 fully saturated rings. The second-order valence-electron chi connectivity index (χ2n) is 3.55. The van der Waals surface area contributed by atoms with Gasteiger partial charge in [0.15, 0.2) is 0 Å². The van der Waals surface area contributed by atoms with Gasteiger partial charge >= 0.3 is 0 Å². The Morgan fingerprint density at radius 3 is 2.59 bits per heavy atom. The van der Waals surface area contributed by atoms with Crippen LogP contribution in [0.3, 0.4) is 0 Å². The SMILES string of the molecule is NCCc1cn(S(=O)(=O)c2ccccc2)cn1. The number of hydrogen-bond acceptors (Lipinski definition) is 4. The average molecular weight is 251 g/mol. The fourth-order valence-corrected chi connectivity index (χ4v) is 2.64. The molecule has 0 spiro atoms. The van der Waals surface area contributed by atoms with Crippen LogP contribution in [0, 0.1) is 0 Å². The van der Waals surface area contributed by atoms with Gasteiger partial charge in [-0.1, -0.05) is 18.2 Å². The van der Waals surface area contributed by atoms with Crippen molar-refractivity contribution in [3.05, 3.63) is 48.5 Å². The number of imidazole rings is 1. The Morgan fingerprint density at radius 1 is 1.24 bits per heavy atom. The highest BCUT2D eigenvalue weighted by Gasteiger charge is 2.16. The number of hydrogen-bond donors (Lipinski definition) is 1. The molecule has 0 amide bonds. The van der Waals surface area contributed by atoms with Gasteiger partial charge in [-0.15, -0.1) is 0 Å². The average Bonchev–Trinajstić information content (AvgIpc) is 2.80. The predicted molar refractivity (Wildman–Crippen MR) is 64.0 cm³/mol. The second-order valence-corrected chi connectivity index (χ2v) is 5.39. The van der Waals surface area contributed by atoms with E-state index in [-0.39, 0.29) is 4.90 Å². The fourth-order valence-electron chi connectivity index (χ4n) is 1.47. The topological polar surface area (TPSA) is 78.0 Å². The summed E-state index contributed by atoms with van der Waals surface area (Å²) in [5.74, 6) is 0. The van der Waals surface area contributed by atoms with Gasteiger partial charge in [-0.2, -0.15) is 0 Å². The summed E-state index contributed by atoms with van der Waals surface area (Å²) in [5, 5.41) is 0. The Hall–Kier alpha value is -1.66. The number of nitrogens with zero attached hydrogens (tertiary/aromatic N) is 2. The fraction of sp³-hybridized carbons (Fsp3) is 0.182. The Morgan fingerprint density at radius 2 is 1.94 bits per heavy atom. The van der Waals surface area contributed by atoms with Crippen molar-refractivity contribution in [2.45, 2.75) is 11.3 Å². The molecule has 2 rings (SSSR count). The van der Waals surface area contributed by atoms with E-state index in [9.17, 15) is 8.42 Å². The Labute approximate surface area is 100.0 Å². The molecule has 0 saturated heterocycles. The van der Waals surface area contributed by atoms with Gasteiger partial charge in [-0.25, -0.2) is 17.4 Å². The van der Waals surface area contributed by atoms with E-state index >= 15 is 0 Å². The molecule has 1 heterocycles. The molecule has 0 aliphatic carbocycles. The van der Waals surface area contributed by atoms with Crippen LogP contribution >= 0.6 is 0 Å². The van der Waals surface area contributed by atoms with E-state index in [1.165, 1.54) is 12.5 Å². The summed E-state index contributed by atoms with van der Waals surface area (Å²) in [6.07, 6.45) is 3.36. The van der Waals surface area contributed by atoms with E-state index in [2.05, 4.69) is 4.98 Å². The van der Waals surface area contributed by atoms with E-state index in [1.54, 1.807) is 30.3 Å². The van der Waals surface area contributed by atoms with Gasteiger partial charge in [0.25, 0.3) is 10.0 Å². The molecule has 2 N–H and O–H groups in total. The van der Waals surface area contributed by atoms with Gasteiger partial charge in [0, 0.05) is 12.6 Å². The standard InChI is InChI=1S/C11H13N3O2S/c12-7-6-10-8-14(9-13-10)17(15,16)11-4-2-1-3-5-11/h1-5,8-9H,6-7,12H2. The first kappa shape index (κ1) is 11.8. The van der Waals surface area contributed by atoms with Gasteiger partial charge < -0.3 is 5.73 Å². The summed E-state index contributed by atoms with van der Waals surface area (Å²) in [4.78, 5) is 4.25. The second kappa shape index (κ2) is 4.68. The predicted octanol–water partition coefficient (Wildman–Crippen LogP) is 0.621. The molecule has 0 aliphatic heterocycles. The lowest BCUT2D eigenvalue weighted by Crippen LogP contribution is -2.10. The van der Waals surface area contributed by atoms with Crippen LogP contribution < -0.4 is 5.73 Å². The van der Waals surface area contributed by atoms with Crippen LogP contribution in [0.4, 0.5) is 0 Å². The molecule has 1 aromatic heterocycles. The minimum absolute atomic E-state index is 0.247. The monoisotopic (exact) mass is 251 g/mol. The van der Waals surface area contributed by atoms with Crippen LogP contribution in [0.25, 0.3) is 0 Å². The van der Waals surface area contributed by atoms with Crippen molar-refractivity contribution in [3.8, 4) is 0 Å². The molecule has 0 unspecified atom stereocenters. The quantitative estimate of drug-likeness (QED) is 0.864. The van der Waals surface area contributed by atoms with Crippen molar-refractivity contribution in [3.63, 3.8) is 0 Å². The van der Waals surface area contributed by atoms with Gasteiger partial charge in [-0.05, 0) is 18.7 Å². The van der Waals surface area contributed by atoms with Crippen molar-refractivity contribution >= 4 is 10.0 Å². The summed E-state index contributed by atoms with van der Waals surface area (Å²) in [5.41, 5.74) is 6.06.